The number of hydrogen-bond donors (Lipinski definition) is 7. The fourth-order valence-electron chi connectivity index (χ4n) is 3.31. The molecule has 0 aliphatic rings. The highest BCUT2D eigenvalue weighted by molar-refractivity contribution is 5.95. The van der Waals surface area contributed by atoms with Gasteiger partial charge in [0.15, 0.2) is 0 Å². The second kappa shape index (κ2) is 17.9. The first-order valence-corrected chi connectivity index (χ1v) is 13.5. The molecule has 14 nitrogen and oxygen atoms in total. The average Bonchev–Trinajstić information content (AvgIpc) is 2.89. The van der Waals surface area contributed by atoms with E-state index in [0.29, 0.717) is 12.7 Å². The minimum atomic E-state index is -0.999. The number of carbonyl (C=O) groups excluding carboxylic acids is 7. The van der Waals surface area contributed by atoms with Crippen molar-refractivity contribution in [3.8, 4) is 0 Å². The normalized spacial score (nSPS) is 15.5. The molecule has 0 unspecified atom stereocenters. The molecular formula is C26H47N7O7. The smallest absolute Gasteiger partial charge is 0.243 e. The minimum absolute atomic E-state index is 0.123. The van der Waals surface area contributed by atoms with Crippen molar-refractivity contribution in [2.75, 3.05) is 13.1 Å². The molecule has 40 heavy (non-hydrogen) atoms. The lowest BCUT2D eigenvalue weighted by Gasteiger charge is -2.25. The van der Waals surface area contributed by atoms with Crippen molar-refractivity contribution in [2.45, 2.75) is 92.0 Å². The summed E-state index contributed by atoms with van der Waals surface area (Å²) in [6.07, 6.45) is 1.15. The molecule has 0 spiro atoms. The summed E-state index contributed by atoms with van der Waals surface area (Å²) in [6.45, 7) is 12.6. The van der Waals surface area contributed by atoms with E-state index < -0.39 is 78.7 Å². The largest absolute Gasteiger partial charge is 0.345 e. The third-order valence-electron chi connectivity index (χ3n) is 6.26. The van der Waals surface area contributed by atoms with E-state index in [9.17, 15) is 33.6 Å². The maximum Gasteiger partial charge on any atom is 0.243 e. The summed E-state index contributed by atoms with van der Waals surface area (Å²) in [5.41, 5.74) is 5.54. The van der Waals surface area contributed by atoms with E-state index in [4.69, 9.17) is 5.73 Å². The summed E-state index contributed by atoms with van der Waals surface area (Å²) in [5, 5.41) is 15.0. The van der Waals surface area contributed by atoms with Gasteiger partial charge in [0.05, 0.1) is 25.2 Å². The minimum Gasteiger partial charge on any atom is -0.345 e. The molecule has 0 saturated carbocycles. The SMILES string of the molecule is CC[C@H](C)[C@H](NC(=O)CNC(=O)[C@@H](NC(=O)[C@H](C)N)C(C)C)C(=O)NCC(=O)N[C@@H](C)C(=O)N[C@H](C=O)C(C)C. The second-order valence-corrected chi connectivity index (χ2v) is 10.6. The predicted molar refractivity (Wildman–Crippen MR) is 148 cm³/mol. The number of amides is 6. The van der Waals surface area contributed by atoms with Crippen molar-refractivity contribution >= 4 is 41.7 Å². The molecule has 6 atom stereocenters. The average molecular weight is 570 g/mol. The molecule has 0 fully saturated rings. The van der Waals surface area contributed by atoms with Crippen LogP contribution in [0.15, 0.2) is 0 Å². The van der Waals surface area contributed by atoms with Crippen LogP contribution in [0.4, 0.5) is 0 Å². The van der Waals surface area contributed by atoms with Crippen LogP contribution < -0.4 is 37.6 Å². The number of rotatable bonds is 17. The van der Waals surface area contributed by atoms with E-state index in [0.717, 1.165) is 0 Å². The Kier molecular flexibility index (Phi) is 16.3. The van der Waals surface area contributed by atoms with Gasteiger partial charge in [-0.15, -0.1) is 0 Å². The first-order valence-electron chi connectivity index (χ1n) is 13.5. The summed E-state index contributed by atoms with van der Waals surface area (Å²) >= 11 is 0. The molecule has 228 valence electrons. The van der Waals surface area contributed by atoms with E-state index in [2.05, 4.69) is 31.9 Å². The van der Waals surface area contributed by atoms with Crippen molar-refractivity contribution in [2.24, 2.45) is 23.5 Å². The Morgan fingerprint density at radius 2 is 1.15 bits per heavy atom. The van der Waals surface area contributed by atoms with Gasteiger partial charge in [-0.25, -0.2) is 0 Å². The second-order valence-electron chi connectivity index (χ2n) is 10.6. The molecule has 0 saturated heterocycles. The molecule has 6 amide bonds. The lowest BCUT2D eigenvalue weighted by Crippen LogP contribution is -2.56. The fourth-order valence-corrected chi connectivity index (χ4v) is 3.31. The van der Waals surface area contributed by atoms with Crippen LogP contribution in [0, 0.1) is 17.8 Å². The van der Waals surface area contributed by atoms with Crippen LogP contribution in [0.1, 0.15) is 61.8 Å². The Labute approximate surface area is 236 Å². The number of nitrogens with one attached hydrogen (secondary N) is 6. The van der Waals surface area contributed by atoms with Crippen molar-refractivity contribution in [1.82, 2.24) is 31.9 Å². The zero-order valence-electron chi connectivity index (χ0n) is 24.8. The molecule has 0 radical (unpaired) electrons. The van der Waals surface area contributed by atoms with E-state index in [1.54, 1.807) is 34.6 Å². The van der Waals surface area contributed by atoms with E-state index in [1.807, 2.05) is 6.92 Å². The molecule has 0 rings (SSSR count). The first kappa shape index (κ1) is 36.5. The first-order chi connectivity index (χ1) is 18.5. The lowest BCUT2D eigenvalue weighted by atomic mass is 9.98. The molecule has 0 aromatic heterocycles. The van der Waals surface area contributed by atoms with Gasteiger partial charge in [0, 0.05) is 0 Å². The maximum absolute atomic E-state index is 12.8. The monoisotopic (exact) mass is 569 g/mol. The van der Waals surface area contributed by atoms with Crippen molar-refractivity contribution in [3.63, 3.8) is 0 Å². The van der Waals surface area contributed by atoms with Crippen molar-refractivity contribution in [1.29, 1.82) is 0 Å². The highest BCUT2D eigenvalue weighted by Gasteiger charge is 2.29. The Balaban J connectivity index is 5.00. The third-order valence-corrected chi connectivity index (χ3v) is 6.26. The third kappa shape index (κ3) is 13.0. The van der Waals surface area contributed by atoms with Crippen LogP contribution in [-0.4, -0.2) is 85.0 Å². The zero-order valence-corrected chi connectivity index (χ0v) is 24.8. The topological polar surface area (TPSA) is 218 Å². The molecule has 0 bridgehead atoms. The van der Waals surface area contributed by atoms with Gasteiger partial charge in [-0.3, -0.25) is 28.8 Å². The van der Waals surface area contributed by atoms with Gasteiger partial charge in [-0.05, 0) is 31.6 Å². The number of hydrogen-bond acceptors (Lipinski definition) is 8. The molecule has 8 N–H and O–H groups in total. The van der Waals surface area contributed by atoms with Crippen LogP contribution in [0.3, 0.4) is 0 Å². The lowest BCUT2D eigenvalue weighted by molar-refractivity contribution is -0.133. The highest BCUT2D eigenvalue weighted by Crippen LogP contribution is 2.08. The Hall–Kier alpha value is -3.55. The van der Waals surface area contributed by atoms with Gasteiger partial charge in [0.1, 0.15) is 24.4 Å². The number of aldehydes is 1. The maximum atomic E-state index is 12.8. The zero-order chi connectivity index (χ0) is 31.2. The van der Waals surface area contributed by atoms with Gasteiger partial charge < -0.3 is 42.4 Å². The summed E-state index contributed by atoms with van der Waals surface area (Å²) in [5.74, 6) is -4.23. The van der Waals surface area contributed by atoms with Crippen LogP contribution in [0.2, 0.25) is 0 Å². The van der Waals surface area contributed by atoms with Crippen LogP contribution in [-0.2, 0) is 33.6 Å². The number of carbonyl (C=O) groups is 7. The quantitative estimate of drug-likeness (QED) is 0.0977. The molecule has 0 aliphatic heterocycles. The van der Waals surface area contributed by atoms with Gasteiger partial charge in [-0.2, -0.15) is 0 Å². The summed E-state index contributed by atoms with van der Waals surface area (Å²) in [4.78, 5) is 85.5. The fraction of sp³-hybridized carbons (Fsp3) is 0.731. The standard InChI is InChI=1S/C26H47N7O7/c1-9-15(6)22(32-20(36)11-28-25(39)21(14(4)5)33-23(37)16(7)27)26(40)29-10-19(35)30-17(8)24(38)31-18(12-34)13(2)3/h12-18,21-22H,9-11,27H2,1-8H3,(H,28,39)(H,29,40)(H,30,35)(H,31,38)(H,32,36)(H,33,37)/t15-,16-,17-,18+,21-,22-/m0/s1. The highest BCUT2D eigenvalue weighted by atomic mass is 16.2. The van der Waals surface area contributed by atoms with Gasteiger partial charge in [0.2, 0.25) is 35.4 Å². The summed E-state index contributed by atoms with van der Waals surface area (Å²) < 4.78 is 0. The molecule has 0 heterocycles. The Morgan fingerprint density at radius 1 is 0.650 bits per heavy atom. The molecule has 0 aromatic rings. The molecular weight excluding hydrogens is 522 g/mol. The van der Waals surface area contributed by atoms with Gasteiger partial charge in [0.25, 0.3) is 0 Å². The predicted octanol–water partition coefficient (Wildman–Crippen LogP) is -1.92. The number of nitrogens with two attached hydrogens (primary N) is 1. The van der Waals surface area contributed by atoms with Gasteiger partial charge >= 0.3 is 0 Å². The molecule has 0 aromatic carbocycles. The Bertz CT molecular complexity index is 908. The van der Waals surface area contributed by atoms with Crippen LogP contribution >= 0.6 is 0 Å². The van der Waals surface area contributed by atoms with E-state index >= 15 is 0 Å². The van der Waals surface area contributed by atoms with E-state index in [1.165, 1.54) is 13.8 Å². The van der Waals surface area contributed by atoms with Crippen molar-refractivity contribution in [3.05, 3.63) is 0 Å². The van der Waals surface area contributed by atoms with Crippen LogP contribution in [0.5, 0.6) is 0 Å². The molecule has 0 aliphatic carbocycles. The van der Waals surface area contributed by atoms with Crippen molar-refractivity contribution < 1.29 is 33.6 Å². The summed E-state index contributed by atoms with van der Waals surface area (Å²) in [7, 11) is 0. The van der Waals surface area contributed by atoms with Crippen LogP contribution in [0.25, 0.3) is 0 Å². The van der Waals surface area contributed by atoms with E-state index in [-0.39, 0.29) is 17.8 Å². The molecule has 14 heteroatoms. The van der Waals surface area contributed by atoms with Gasteiger partial charge in [-0.1, -0.05) is 48.0 Å². The Morgan fingerprint density at radius 3 is 1.57 bits per heavy atom. The summed E-state index contributed by atoms with van der Waals surface area (Å²) in [6, 6.07) is -4.36.